The first-order valence-corrected chi connectivity index (χ1v) is 27.1. The van der Waals surface area contributed by atoms with Crippen LogP contribution in [0.4, 0.5) is 19.0 Å². The van der Waals surface area contributed by atoms with Gasteiger partial charge in [-0.15, -0.1) is 0 Å². The predicted octanol–water partition coefficient (Wildman–Crippen LogP) is 0.675. The molecule has 3 aliphatic heterocycles. The van der Waals surface area contributed by atoms with E-state index < -0.39 is 67.7 Å². The highest BCUT2D eigenvalue weighted by Crippen LogP contribution is 2.43. The summed E-state index contributed by atoms with van der Waals surface area (Å²) in [6.45, 7) is 9.28. The second-order valence-corrected chi connectivity index (χ2v) is 20.2. The van der Waals surface area contributed by atoms with E-state index in [4.69, 9.17) is 80.3 Å². The molecule has 3 fully saturated rings. The minimum atomic E-state index is -4.43. The predicted molar refractivity (Wildman–Crippen MR) is 266 cm³/mol. The number of aromatic nitrogens is 4. The number of aliphatic hydroxyl groups excluding tert-OH is 2. The molecule has 5 heterocycles. The van der Waals surface area contributed by atoms with Gasteiger partial charge in [0, 0.05) is 49.9 Å². The van der Waals surface area contributed by atoms with Crippen LogP contribution in [0.5, 0.6) is 5.75 Å². The third-order valence-electron chi connectivity index (χ3n) is 12.1. The van der Waals surface area contributed by atoms with Gasteiger partial charge in [0.05, 0.1) is 143 Å². The molecule has 26 nitrogen and oxygen atoms in total. The number of anilines is 1. The van der Waals surface area contributed by atoms with Crippen molar-refractivity contribution >= 4 is 42.0 Å². The van der Waals surface area contributed by atoms with Crippen LogP contribution in [0.3, 0.4) is 0 Å². The molecule has 3 aliphatic rings. The highest BCUT2D eigenvalue weighted by Gasteiger charge is 2.48. The maximum atomic E-state index is 13.6. The zero-order valence-corrected chi connectivity index (χ0v) is 44.2. The first-order valence-electron chi connectivity index (χ1n) is 25.0. The van der Waals surface area contributed by atoms with Gasteiger partial charge in [-0.25, -0.2) is 23.7 Å². The molecular formula is C46H70ClF3N9O17P. The van der Waals surface area contributed by atoms with E-state index in [0.29, 0.717) is 121 Å². The Hall–Kier alpha value is -3.95. The summed E-state index contributed by atoms with van der Waals surface area (Å²) in [6.07, 6.45) is -0.959. The molecule has 1 aromatic carbocycles. The molecule has 1 spiro atoms. The smallest absolute Gasteiger partial charge is 0.350 e. The molecule has 77 heavy (non-hydrogen) atoms. The Morgan fingerprint density at radius 1 is 0.831 bits per heavy atom. The molecule has 31 heteroatoms. The van der Waals surface area contributed by atoms with E-state index in [-0.39, 0.29) is 50.2 Å². The van der Waals surface area contributed by atoms with Crippen molar-refractivity contribution in [1.29, 1.82) is 0 Å². The van der Waals surface area contributed by atoms with Crippen molar-refractivity contribution in [3.8, 4) is 5.75 Å². The standard InChI is InChI=1S/C46H70ClF3N9O17P/c47-45-54-42(34-24-53-59(43(34)55-45)44-40(62)39(61)37(75-44)27-74-31-77(63,64)65)57-29-46(30-57)3-1-4-56(28-46)5-8-67-11-14-70-18-19-72-20-21-73-26-33(51)25-58(52)6-9-68-12-15-71-17-16-69-13-10-66-7-2-38(60)76-41-35(49)22-32(48)23-36(41)50/h22-25,37,39-40,44,61-62H,1-21,26-31,51-52H2,(H2,63,64,65)/b33-25-/t37-,39-,40-,44-/m1/s1. The van der Waals surface area contributed by atoms with Crippen molar-refractivity contribution in [1.82, 2.24) is 29.7 Å². The third-order valence-corrected chi connectivity index (χ3v) is 12.8. The van der Waals surface area contributed by atoms with Gasteiger partial charge in [0.15, 0.2) is 23.5 Å². The van der Waals surface area contributed by atoms with Crippen molar-refractivity contribution in [3.63, 3.8) is 0 Å². The lowest BCUT2D eigenvalue weighted by atomic mass is 9.73. The van der Waals surface area contributed by atoms with E-state index in [1.807, 2.05) is 0 Å². The largest absolute Gasteiger partial charge is 0.420 e. The SMILES string of the molecule is N/C(=C\N(N)CCOCCOCCOCCOCCC(=O)Oc1c(F)cc(F)cc1F)COCCOCCOCCOCCN1CCCC2(C1)CN(c1nc(Cl)nc3c1cnn3[C@@H]1O[C@H](COCP(=O)(O)O)[C@@H](O)[C@H]1O)C2. The number of rotatable bonds is 37. The number of likely N-dealkylation sites (tertiary alicyclic amines) is 1. The summed E-state index contributed by atoms with van der Waals surface area (Å²) in [5.74, 6) is 0.923. The second-order valence-electron chi connectivity index (χ2n) is 18.3. The Morgan fingerprint density at radius 2 is 1.42 bits per heavy atom. The fourth-order valence-electron chi connectivity index (χ4n) is 8.58. The molecular weight excluding hydrogens is 1070 g/mol. The van der Waals surface area contributed by atoms with E-state index in [9.17, 15) is 32.7 Å². The zero-order chi connectivity index (χ0) is 55.2. The van der Waals surface area contributed by atoms with Crippen molar-refractivity contribution in [2.24, 2.45) is 17.0 Å². The Balaban J connectivity index is 0.704. The molecule has 434 valence electrons. The highest BCUT2D eigenvalue weighted by atomic mass is 35.5. The highest BCUT2D eigenvalue weighted by molar-refractivity contribution is 7.51. The van der Waals surface area contributed by atoms with Crippen molar-refractivity contribution in [2.45, 2.75) is 43.8 Å². The van der Waals surface area contributed by atoms with Crippen molar-refractivity contribution in [3.05, 3.63) is 53.0 Å². The van der Waals surface area contributed by atoms with E-state index in [0.717, 1.165) is 45.6 Å². The third kappa shape index (κ3) is 20.6. The monoisotopic (exact) mass is 1140 g/mol. The van der Waals surface area contributed by atoms with Gasteiger partial charge in [0.1, 0.15) is 36.3 Å². The fourth-order valence-corrected chi connectivity index (χ4v) is 9.08. The average Bonchev–Trinajstić information content (AvgIpc) is 3.93. The number of ether oxygens (including phenoxy) is 11. The average molecular weight is 1140 g/mol. The molecule has 0 amide bonds. The Labute approximate surface area is 447 Å². The van der Waals surface area contributed by atoms with Gasteiger partial charge in [-0.05, 0) is 31.0 Å². The number of carbonyl (C=O) groups is 1. The number of nitrogens with zero attached hydrogens (tertiary/aromatic N) is 7. The lowest BCUT2D eigenvalue weighted by Gasteiger charge is -2.55. The number of esters is 1. The number of piperidine rings is 1. The second kappa shape index (κ2) is 31.7. The molecule has 0 unspecified atom stereocenters. The fraction of sp³-hybridized carbons (Fsp3) is 0.696. The topological polar surface area (TPSA) is 322 Å². The number of halogens is 4. The molecule has 3 aromatic rings. The van der Waals surface area contributed by atoms with Crippen LogP contribution in [0, 0.1) is 22.9 Å². The summed E-state index contributed by atoms with van der Waals surface area (Å²) in [5.41, 5.74) is 6.81. The summed E-state index contributed by atoms with van der Waals surface area (Å²) in [4.78, 5) is 43.3. The summed E-state index contributed by atoms with van der Waals surface area (Å²) < 4.78 is 112. The summed E-state index contributed by atoms with van der Waals surface area (Å²) in [7, 11) is -4.43. The van der Waals surface area contributed by atoms with Gasteiger partial charge >= 0.3 is 13.6 Å². The lowest BCUT2D eigenvalue weighted by molar-refractivity contribution is -0.136. The van der Waals surface area contributed by atoms with Crippen molar-refractivity contribution in [2.75, 3.05) is 163 Å². The molecule has 0 saturated carbocycles. The van der Waals surface area contributed by atoms with Gasteiger partial charge in [-0.3, -0.25) is 9.36 Å². The first kappa shape index (κ1) is 62.3. The minimum Gasteiger partial charge on any atom is -0.420 e. The molecule has 4 atom stereocenters. The summed E-state index contributed by atoms with van der Waals surface area (Å²) in [5, 5.41) is 27.7. The lowest BCUT2D eigenvalue weighted by Crippen LogP contribution is -2.63. The molecule has 0 radical (unpaired) electrons. The number of hydrogen-bond acceptors (Lipinski definition) is 23. The van der Waals surface area contributed by atoms with Crippen LogP contribution >= 0.6 is 19.2 Å². The Bertz CT molecular complexity index is 2340. The quantitative estimate of drug-likeness (QED) is 0.00879. The molecule has 6 rings (SSSR count). The van der Waals surface area contributed by atoms with Gasteiger partial charge in [0.25, 0.3) is 0 Å². The molecule has 0 aliphatic carbocycles. The van der Waals surface area contributed by atoms with E-state index in [1.165, 1.54) is 9.69 Å². The van der Waals surface area contributed by atoms with Crippen LogP contribution in [0.15, 0.2) is 30.2 Å². The number of carbonyl (C=O) groups excluding carboxylic acids is 1. The van der Waals surface area contributed by atoms with Crippen LogP contribution in [0.1, 0.15) is 25.5 Å². The number of hydrazine groups is 1. The van der Waals surface area contributed by atoms with E-state index >= 15 is 0 Å². The zero-order valence-electron chi connectivity index (χ0n) is 42.6. The maximum Gasteiger partial charge on any atom is 0.350 e. The Morgan fingerprint density at radius 3 is 2.04 bits per heavy atom. The number of hydrogen-bond donors (Lipinski definition) is 6. The Kier molecular flexibility index (Phi) is 25.7. The minimum absolute atomic E-state index is 0.0245. The molecule has 8 N–H and O–H groups in total. The van der Waals surface area contributed by atoms with Gasteiger partial charge in [-0.2, -0.15) is 15.1 Å². The summed E-state index contributed by atoms with van der Waals surface area (Å²) >= 11 is 6.39. The van der Waals surface area contributed by atoms with Crippen LogP contribution < -0.4 is 21.2 Å². The van der Waals surface area contributed by atoms with E-state index in [2.05, 4.69) is 29.6 Å². The number of fused-ring (bicyclic) bond motifs is 1. The van der Waals surface area contributed by atoms with Crippen molar-refractivity contribution < 1.29 is 94.6 Å². The molecule has 0 bridgehead atoms. The normalized spacial score (nSPS) is 19.9. The summed E-state index contributed by atoms with van der Waals surface area (Å²) in [6, 6.07) is 0.831. The number of benzene rings is 1. The molecule has 3 saturated heterocycles. The van der Waals surface area contributed by atoms with Crippen LogP contribution in [0.25, 0.3) is 11.0 Å². The number of nitrogens with two attached hydrogens (primary N) is 2. The van der Waals surface area contributed by atoms with E-state index in [1.54, 1.807) is 12.4 Å². The maximum absolute atomic E-state index is 13.6. The van der Waals surface area contributed by atoms with Gasteiger partial charge in [0.2, 0.25) is 11.0 Å². The number of aliphatic hydroxyl groups is 2. The van der Waals surface area contributed by atoms with Crippen LogP contribution in [-0.2, 0) is 56.7 Å². The van der Waals surface area contributed by atoms with Crippen LogP contribution in [0.2, 0.25) is 5.28 Å². The van der Waals surface area contributed by atoms with Crippen LogP contribution in [-0.4, -0.2) is 232 Å². The van der Waals surface area contributed by atoms with Gasteiger partial charge in [-0.1, -0.05) is 0 Å². The molecule has 2 aromatic heterocycles. The first-order chi connectivity index (χ1) is 37.0. The van der Waals surface area contributed by atoms with Gasteiger partial charge < -0.3 is 92.6 Å².